The number of halogens is 1. The second-order valence-electron chi connectivity index (χ2n) is 5.39. The predicted molar refractivity (Wildman–Crippen MR) is 79.0 cm³/mol. The van der Waals surface area contributed by atoms with E-state index in [1.54, 1.807) is 0 Å². The highest BCUT2D eigenvalue weighted by Gasteiger charge is 2.27. The zero-order valence-corrected chi connectivity index (χ0v) is 12.8. The molecule has 4 heteroatoms. The van der Waals surface area contributed by atoms with Crippen molar-refractivity contribution in [2.45, 2.75) is 38.3 Å². The second-order valence-corrected chi connectivity index (χ2v) is 6.30. The van der Waals surface area contributed by atoms with Crippen molar-refractivity contribution in [1.29, 1.82) is 0 Å². The van der Waals surface area contributed by atoms with E-state index in [1.165, 1.54) is 5.56 Å². The van der Waals surface area contributed by atoms with Crippen molar-refractivity contribution in [3.63, 3.8) is 0 Å². The van der Waals surface area contributed by atoms with Crippen LogP contribution in [-0.2, 0) is 11.3 Å². The molecule has 2 rings (SSSR count). The van der Waals surface area contributed by atoms with Crippen LogP contribution in [0.2, 0.25) is 0 Å². The van der Waals surface area contributed by atoms with E-state index in [-0.39, 0.29) is 5.92 Å². The van der Waals surface area contributed by atoms with Crippen LogP contribution in [0.3, 0.4) is 0 Å². The molecule has 1 saturated carbocycles. The molecule has 0 aliphatic heterocycles. The Morgan fingerprint density at radius 1 is 1.26 bits per heavy atom. The van der Waals surface area contributed by atoms with Crippen LogP contribution >= 0.6 is 15.9 Å². The highest BCUT2D eigenvalue weighted by molar-refractivity contribution is 9.10. The van der Waals surface area contributed by atoms with Crippen molar-refractivity contribution in [2.75, 3.05) is 7.05 Å². The summed E-state index contributed by atoms with van der Waals surface area (Å²) >= 11 is 3.44. The molecule has 19 heavy (non-hydrogen) atoms. The van der Waals surface area contributed by atoms with E-state index in [0.29, 0.717) is 6.04 Å². The molecule has 0 bridgehead atoms. The minimum Gasteiger partial charge on any atom is -0.481 e. The lowest BCUT2D eigenvalue weighted by atomic mass is 9.85. The zero-order valence-electron chi connectivity index (χ0n) is 11.2. The van der Waals surface area contributed by atoms with Gasteiger partial charge >= 0.3 is 5.97 Å². The SMILES string of the molecule is CN(Cc1ccc(Br)cc1)C1CCC(C(=O)O)CC1. The number of benzene rings is 1. The van der Waals surface area contributed by atoms with E-state index in [2.05, 4.69) is 52.1 Å². The summed E-state index contributed by atoms with van der Waals surface area (Å²) < 4.78 is 1.10. The van der Waals surface area contributed by atoms with Crippen LogP contribution in [0, 0.1) is 5.92 Å². The van der Waals surface area contributed by atoms with E-state index < -0.39 is 5.97 Å². The smallest absolute Gasteiger partial charge is 0.306 e. The van der Waals surface area contributed by atoms with Crippen molar-refractivity contribution in [1.82, 2.24) is 4.90 Å². The molecule has 1 aliphatic rings. The van der Waals surface area contributed by atoms with Gasteiger partial charge in [-0.1, -0.05) is 28.1 Å². The van der Waals surface area contributed by atoms with Crippen molar-refractivity contribution in [2.24, 2.45) is 5.92 Å². The standard InChI is InChI=1S/C15H20BrNO2/c1-17(10-11-2-6-13(16)7-3-11)14-8-4-12(5-9-14)15(18)19/h2-3,6-7,12,14H,4-5,8-10H2,1H3,(H,18,19). The summed E-state index contributed by atoms with van der Waals surface area (Å²) in [6.45, 7) is 0.926. The molecule has 0 atom stereocenters. The van der Waals surface area contributed by atoms with E-state index in [0.717, 1.165) is 36.7 Å². The van der Waals surface area contributed by atoms with Crippen LogP contribution in [0.15, 0.2) is 28.7 Å². The second kappa shape index (κ2) is 6.53. The molecule has 0 amide bonds. The minimum atomic E-state index is -0.631. The molecule has 0 radical (unpaired) electrons. The summed E-state index contributed by atoms with van der Waals surface area (Å²) in [5.74, 6) is -0.758. The van der Waals surface area contributed by atoms with Gasteiger partial charge in [-0.05, 0) is 50.4 Å². The van der Waals surface area contributed by atoms with Crippen molar-refractivity contribution in [3.8, 4) is 0 Å². The normalized spacial score (nSPS) is 23.5. The van der Waals surface area contributed by atoms with Crippen molar-refractivity contribution < 1.29 is 9.90 Å². The summed E-state index contributed by atoms with van der Waals surface area (Å²) in [7, 11) is 2.13. The van der Waals surface area contributed by atoms with Crippen LogP contribution in [0.1, 0.15) is 31.2 Å². The summed E-state index contributed by atoms with van der Waals surface area (Å²) in [6, 6.07) is 8.89. The maximum absolute atomic E-state index is 10.9. The molecule has 0 saturated heterocycles. The molecule has 1 aromatic carbocycles. The molecule has 0 spiro atoms. The molecular weight excluding hydrogens is 306 g/mol. The fourth-order valence-corrected chi connectivity index (χ4v) is 3.03. The van der Waals surface area contributed by atoms with Crippen LogP contribution in [-0.4, -0.2) is 29.1 Å². The topological polar surface area (TPSA) is 40.5 Å². The van der Waals surface area contributed by atoms with Crippen molar-refractivity contribution in [3.05, 3.63) is 34.3 Å². The van der Waals surface area contributed by atoms with Crippen LogP contribution in [0.5, 0.6) is 0 Å². The highest BCUT2D eigenvalue weighted by atomic mass is 79.9. The summed E-state index contributed by atoms with van der Waals surface area (Å²) in [6.07, 6.45) is 3.60. The molecule has 1 aliphatic carbocycles. The molecule has 0 aromatic heterocycles. The first-order chi connectivity index (χ1) is 9.06. The average molecular weight is 326 g/mol. The van der Waals surface area contributed by atoms with Gasteiger partial charge < -0.3 is 5.11 Å². The lowest BCUT2D eigenvalue weighted by Gasteiger charge is -2.33. The molecule has 3 nitrogen and oxygen atoms in total. The van der Waals surface area contributed by atoms with Gasteiger partial charge in [0.1, 0.15) is 0 Å². The van der Waals surface area contributed by atoms with E-state index in [4.69, 9.17) is 5.11 Å². The Kier molecular flexibility index (Phi) is 4.99. The van der Waals surface area contributed by atoms with Gasteiger partial charge in [0, 0.05) is 17.1 Å². The lowest BCUT2D eigenvalue weighted by molar-refractivity contribution is -0.143. The summed E-state index contributed by atoms with van der Waals surface area (Å²) in [4.78, 5) is 13.3. The Bertz CT molecular complexity index is 424. The first kappa shape index (κ1) is 14.5. The monoisotopic (exact) mass is 325 g/mol. The number of aliphatic carboxylic acids is 1. The van der Waals surface area contributed by atoms with Gasteiger partial charge in [-0.25, -0.2) is 0 Å². The minimum absolute atomic E-state index is 0.127. The van der Waals surface area contributed by atoms with E-state index in [1.807, 2.05) is 0 Å². The van der Waals surface area contributed by atoms with E-state index >= 15 is 0 Å². The fraction of sp³-hybridized carbons (Fsp3) is 0.533. The third-order valence-electron chi connectivity index (χ3n) is 4.01. The van der Waals surface area contributed by atoms with Crippen LogP contribution < -0.4 is 0 Å². The van der Waals surface area contributed by atoms with Gasteiger partial charge in [0.05, 0.1) is 5.92 Å². The van der Waals surface area contributed by atoms with Gasteiger partial charge in [0.25, 0.3) is 0 Å². The molecule has 104 valence electrons. The summed E-state index contributed by atoms with van der Waals surface area (Å²) in [5, 5.41) is 9.01. The Morgan fingerprint density at radius 2 is 1.84 bits per heavy atom. The number of carboxylic acid groups (broad SMARTS) is 1. The van der Waals surface area contributed by atoms with Gasteiger partial charge in [0.2, 0.25) is 0 Å². The number of rotatable bonds is 4. The number of hydrogen-bond acceptors (Lipinski definition) is 2. The molecular formula is C15H20BrNO2. The Balaban J connectivity index is 1.86. The molecule has 0 unspecified atom stereocenters. The largest absolute Gasteiger partial charge is 0.481 e. The third-order valence-corrected chi connectivity index (χ3v) is 4.54. The van der Waals surface area contributed by atoms with Gasteiger partial charge in [-0.15, -0.1) is 0 Å². The first-order valence-electron chi connectivity index (χ1n) is 6.73. The lowest BCUT2D eigenvalue weighted by Crippen LogP contribution is -2.36. The number of carboxylic acids is 1. The maximum atomic E-state index is 10.9. The highest BCUT2D eigenvalue weighted by Crippen LogP contribution is 2.28. The Hall–Kier alpha value is -0.870. The summed E-state index contributed by atoms with van der Waals surface area (Å²) in [5.41, 5.74) is 1.30. The van der Waals surface area contributed by atoms with Gasteiger partial charge in [-0.2, -0.15) is 0 Å². The third kappa shape index (κ3) is 4.05. The van der Waals surface area contributed by atoms with Gasteiger partial charge in [0.15, 0.2) is 0 Å². The zero-order chi connectivity index (χ0) is 13.8. The molecule has 1 aromatic rings. The predicted octanol–water partition coefficient (Wildman–Crippen LogP) is 3.52. The Labute approximate surface area is 122 Å². The number of hydrogen-bond donors (Lipinski definition) is 1. The maximum Gasteiger partial charge on any atom is 0.306 e. The van der Waals surface area contributed by atoms with Crippen LogP contribution in [0.25, 0.3) is 0 Å². The van der Waals surface area contributed by atoms with E-state index in [9.17, 15) is 4.79 Å². The number of nitrogens with zero attached hydrogens (tertiary/aromatic N) is 1. The quantitative estimate of drug-likeness (QED) is 0.920. The Morgan fingerprint density at radius 3 is 2.37 bits per heavy atom. The fourth-order valence-electron chi connectivity index (χ4n) is 2.77. The number of carbonyl (C=O) groups is 1. The van der Waals surface area contributed by atoms with Crippen LogP contribution in [0.4, 0.5) is 0 Å². The average Bonchev–Trinajstić information content (AvgIpc) is 2.41. The molecule has 1 N–H and O–H groups in total. The van der Waals surface area contributed by atoms with Crippen molar-refractivity contribution >= 4 is 21.9 Å². The molecule has 1 fully saturated rings. The molecule has 0 heterocycles. The first-order valence-corrected chi connectivity index (χ1v) is 7.53. The van der Waals surface area contributed by atoms with Gasteiger partial charge in [-0.3, -0.25) is 9.69 Å².